The predicted molar refractivity (Wildman–Crippen MR) is 78.7 cm³/mol. The van der Waals surface area contributed by atoms with Gasteiger partial charge in [0.25, 0.3) is 5.91 Å². The first kappa shape index (κ1) is 15.2. The van der Waals surface area contributed by atoms with Crippen LogP contribution in [0.4, 0.5) is 4.39 Å². The lowest BCUT2D eigenvalue weighted by atomic mass is 10.1. The summed E-state index contributed by atoms with van der Waals surface area (Å²) in [7, 11) is 0. The molecule has 1 aromatic carbocycles. The van der Waals surface area contributed by atoms with Crippen LogP contribution in [0.2, 0.25) is 0 Å². The second-order valence-electron chi connectivity index (χ2n) is 5.55. The first-order chi connectivity index (χ1) is 10.9. The van der Waals surface area contributed by atoms with Crippen molar-refractivity contribution in [3.05, 3.63) is 41.8 Å². The number of carboxylic acid groups (broad SMARTS) is 1. The average Bonchev–Trinajstić information content (AvgIpc) is 3.12. The highest BCUT2D eigenvalue weighted by atomic mass is 19.1. The third-order valence-electron chi connectivity index (χ3n) is 3.90. The van der Waals surface area contributed by atoms with E-state index in [9.17, 15) is 14.0 Å². The lowest BCUT2D eigenvalue weighted by Gasteiger charge is -2.16. The number of halogens is 1. The normalized spacial score (nSPS) is 20.7. The average molecular weight is 318 g/mol. The van der Waals surface area contributed by atoms with Crippen molar-refractivity contribution in [2.45, 2.75) is 19.0 Å². The number of hydrogen-bond donors (Lipinski definition) is 1. The van der Waals surface area contributed by atoms with Gasteiger partial charge in [-0.15, -0.1) is 0 Å². The Morgan fingerprint density at radius 3 is 2.65 bits per heavy atom. The first-order valence-electron chi connectivity index (χ1n) is 7.15. The van der Waals surface area contributed by atoms with Crippen molar-refractivity contribution in [3.63, 3.8) is 0 Å². The van der Waals surface area contributed by atoms with Crippen molar-refractivity contribution in [2.75, 3.05) is 13.1 Å². The number of amides is 1. The van der Waals surface area contributed by atoms with Crippen molar-refractivity contribution in [1.29, 1.82) is 0 Å². The van der Waals surface area contributed by atoms with Gasteiger partial charge in [-0.1, -0.05) is 18.2 Å². The predicted octanol–water partition coefficient (Wildman–Crippen LogP) is 2.29. The number of carboxylic acids is 1. The summed E-state index contributed by atoms with van der Waals surface area (Å²) in [4.78, 5) is 28.8. The number of nitrogens with zero attached hydrogens (tertiary/aromatic N) is 2. The van der Waals surface area contributed by atoms with Crippen LogP contribution in [0.15, 0.2) is 34.7 Å². The first-order valence-corrected chi connectivity index (χ1v) is 7.15. The molecule has 120 valence electrons. The Kier molecular flexibility index (Phi) is 3.63. The highest BCUT2D eigenvalue weighted by Gasteiger charge is 2.47. The smallest absolute Gasteiger partial charge is 0.343 e. The van der Waals surface area contributed by atoms with Gasteiger partial charge in [0, 0.05) is 18.5 Å². The molecule has 7 heteroatoms. The van der Waals surface area contributed by atoms with Crippen LogP contribution in [0.3, 0.4) is 0 Å². The zero-order valence-electron chi connectivity index (χ0n) is 12.5. The van der Waals surface area contributed by atoms with Crippen molar-refractivity contribution >= 4 is 11.9 Å². The molecular weight excluding hydrogens is 303 g/mol. The van der Waals surface area contributed by atoms with Gasteiger partial charge in [-0.05, 0) is 19.1 Å². The highest BCUT2D eigenvalue weighted by Crippen LogP contribution is 2.29. The molecule has 0 spiro atoms. The topological polar surface area (TPSA) is 83.6 Å². The summed E-state index contributed by atoms with van der Waals surface area (Å²) < 4.78 is 19.6. The number of aliphatic carboxylic acids is 1. The van der Waals surface area contributed by atoms with Gasteiger partial charge in [0.05, 0.1) is 12.2 Å². The number of carbonyl (C=O) groups excluding carboxylic acids is 1. The van der Waals surface area contributed by atoms with Gasteiger partial charge in [0.1, 0.15) is 0 Å². The van der Waals surface area contributed by atoms with Crippen molar-refractivity contribution in [2.24, 2.45) is 0 Å². The monoisotopic (exact) mass is 318 g/mol. The van der Waals surface area contributed by atoms with Crippen LogP contribution >= 0.6 is 0 Å². The standard InChI is InChI=1S/C16H15FN2O4/c1-10-12(23-13(18-10)11-5-3-2-4-6-11)14(20)19-8-7-16(17,9-19)15(21)22/h2-6H,7-9H2,1H3,(H,21,22). The molecule has 2 heterocycles. The minimum absolute atomic E-state index is 0.0125. The van der Waals surface area contributed by atoms with E-state index in [2.05, 4.69) is 4.98 Å². The molecule has 0 aliphatic carbocycles. The Morgan fingerprint density at radius 1 is 1.35 bits per heavy atom. The van der Waals surface area contributed by atoms with Crippen LogP contribution in [0.1, 0.15) is 22.7 Å². The molecule has 1 aliphatic heterocycles. The van der Waals surface area contributed by atoms with Gasteiger partial charge in [0.15, 0.2) is 0 Å². The van der Waals surface area contributed by atoms with Gasteiger partial charge in [0.2, 0.25) is 17.3 Å². The van der Waals surface area contributed by atoms with Crippen LogP contribution in [0, 0.1) is 6.92 Å². The van der Waals surface area contributed by atoms with E-state index in [-0.39, 0.29) is 18.7 Å². The maximum Gasteiger partial charge on any atom is 0.343 e. The molecular formula is C16H15FN2O4. The second kappa shape index (κ2) is 5.49. The molecule has 1 amide bonds. The summed E-state index contributed by atoms with van der Waals surface area (Å²) in [6.45, 7) is 1.17. The largest absolute Gasteiger partial charge is 0.479 e. The van der Waals surface area contributed by atoms with E-state index in [4.69, 9.17) is 9.52 Å². The van der Waals surface area contributed by atoms with Crippen molar-refractivity contribution in [1.82, 2.24) is 9.88 Å². The van der Waals surface area contributed by atoms with Crippen LogP contribution in [-0.4, -0.2) is 45.6 Å². The fourth-order valence-corrected chi connectivity index (χ4v) is 2.56. The Hall–Kier alpha value is -2.70. The van der Waals surface area contributed by atoms with Gasteiger partial charge in [-0.2, -0.15) is 0 Å². The van der Waals surface area contributed by atoms with Crippen molar-refractivity contribution in [3.8, 4) is 11.5 Å². The molecule has 0 saturated carbocycles. The summed E-state index contributed by atoms with van der Waals surface area (Å²) >= 11 is 0. The van der Waals surface area contributed by atoms with E-state index in [1.165, 1.54) is 0 Å². The summed E-state index contributed by atoms with van der Waals surface area (Å²) in [5.74, 6) is -1.78. The molecule has 1 aliphatic rings. The third kappa shape index (κ3) is 2.69. The van der Waals surface area contributed by atoms with Gasteiger partial charge in [-0.3, -0.25) is 4.79 Å². The Bertz CT molecular complexity index is 759. The van der Waals surface area contributed by atoms with Crippen LogP contribution < -0.4 is 0 Å². The van der Waals surface area contributed by atoms with E-state index in [0.717, 1.165) is 10.5 Å². The van der Waals surface area contributed by atoms with Crippen LogP contribution in [0.5, 0.6) is 0 Å². The Labute approximate surface area is 131 Å². The Balaban J connectivity index is 1.84. The number of carbonyl (C=O) groups is 2. The van der Waals surface area contributed by atoms with Gasteiger partial charge >= 0.3 is 5.97 Å². The van der Waals surface area contributed by atoms with Crippen LogP contribution in [-0.2, 0) is 4.79 Å². The minimum atomic E-state index is -2.40. The number of oxazole rings is 1. The number of aromatic nitrogens is 1. The molecule has 1 unspecified atom stereocenters. The summed E-state index contributed by atoms with van der Waals surface area (Å²) in [5.41, 5.74) is -1.28. The number of benzene rings is 1. The van der Waals surface area contributed by atoms with E-state index < -0.39 is 24.1 Å². The third-order valence-corrected chi connectivity index (χ3v) is 3.90. The zero-order chi connectivity index (χ0) is 16.6. The van der Waals surface area contributed by atoms with E-state index in [0.29, 0.717) is 11.6 Å². The molecule has 3 rings (SSSR count). The van der Waals surface area contributed by atoms with Crippen molar-refractivity contribution < 1.29 is 23.5 Å². The molecule has 1 saturated heterocycles. The molecule has 2 aromatic rings. The van der Waals surface area contributed by atoms with Crippen LogP contribution in [0.25, 0.3) is 11.5 Å². The molecule has 1 aromatic heterocycles. The van der Waals surface area contributed by atoms with E-state index >= 15 is 0 Å². The molecule has 6 nitrogen and oxygen atoms in total. The maximum atomic E-state index is 14.1. The van der Waals surface area contributed by atoms with Gasteiger partial charge in [-0.25, -0.2) is 14.2 Å². The molecule has 1 fully saturated rings. The fourth-order valence-electron chi connectivity index (χ4n) is 2.56. The highest BCUT2D eigenvalue weighted by molar-refractivity contribution is 5.94. The minimum Gasteiger partial charge on any atom is -0.479 e. The summed E-state index contributed by atoms with van der Waals surface area (Å²) in [6, 6.07) is 9.09. The maximum absolute atomic E-state index is 14.1. The molecule has 1 N–H and O–H groups in total. The second-order valence-corrected chi connectivity index (χ2v) is 5.55. The van der Waals surface area contributed by atoms with E-state index in [1.54, 1.807) is 19.1 Å². The lowest BCUT2D eigenvalue weighted by molar-refractivity contribution is -0.149. The molecule has 0 bridgehead atoms. The number of likely N-dealkylation sites (tertiary alicyclic amines) is 1. The van der Waals surface area contributed by atoms with Gasteiger partial charge < -0.3 is 14.4 Å². The molecule has 23 heavy (non-hydrogen) atoms. The number of hydrogen-bond acceptors (Lipinski definition) is 4. The molecule has 1 atom stereocenters. The molecule has 0 radical (unpaired) electrons. The summed E-state index contributed by atoms with van der Waals surface area (Å²) in [5, 5.41) is 8.90. The number of alkyl halides is 1. The number of aryl methyl sites for hydroxylation is 1. The summed E-state index contributed by atoms with van der Waals surface area (Å²) in [6.07, 6.45) is -0.229. The van der Waals surface area contributed by atoms with E-state index in [1.807, 2.05) is 18.2 Å². The quantitative estimate of drug-likeness (QED) is 0.938. The SMILES string of the molecule is Cc1nc(-c2ccccc2)oc1C(=O)N1CCC(F)(C(=O)O)C1. The fraction of sp³-hybridized carbons (Fsp3) is 0.312. The number of rotatable bonds is 3. The lowest BCUT2D eigenvalue weighted by Crippen LogP contribution is -2.39. The Morgan fingerprint density at radius 2 is 2.04 bits per heavy atom. The zero-order valence-corrected chi connectivity index (χ0v) is 12.5.